The number of ether oxygens (including phenoxy) is 1. The normalized spacial score (nSPS) is 31.0. The van der Waals surface area contributed by atoms with Crippen molar-refractivity contribution >= 4 is 5.97 Å². The Kier molecular flexibility index (Phi) is 5.64. The first-order chi connectivity index (χ1) is 10.8. The number of allylic oxidation sites excluding steroid dienone is 4. The van der Waals surface area contributed by atoms with Crippen LogP contribution in [-0.2, 0) is 9.53 Å². The van der Waals surface area contributed by atoms with E-state index < -0.39 is 5.60 Å². The molecule has 2 rings (SSSR count). The Bertz CT molecular complexity index is 558. The molecule has 0 bridgehead atoms. The summed E-state index contributed by atoms with van der Waals surface area (Å²) in [5.74, 6) is 0.116. The molecule has 1 fully saturated rings. The largest absolute Gasteiger partial charge is 0.462 e. The maximum absolute atomic E-state index is 12.2. The molecule has 1 aliphatic heterocycles. The van der Waals surface area contributed by atoms with Crippen LogP contribution in [0.5, 0.6) is 0 Å². The van der Waals surface area contributed by atoms with Crippen molar-refractivity contribution in [1.82, 2.24) is 0 Å². The quantitative estimate of drug-likeness (QED) is 0.474. The van der Waals surface area contributed by atoms with Gasteiger partial charge < -0.3 is 9.84 Å². The third-order valence-corrected chi connectivity index (χ3v) is 4.63. The lowest BCUT2D eigenvalue weighted by atomic mass is 9.76. The molecule has 1 N–H and O–H groups in total. The van der Waals surface area contributed by atoms with Gasteiger partial charge in [-0.05, 0) is 46.5 Å². The molecule has 1 saturated heterocycles. The van der Waals surface area contributed by atoms with Gasteiger partial charge >= 0.3 is 5.97 Å². The van der Waals surface area contributed by atoms with Crippen molar-refractivity contribution in [2.45, 2.75) is 52.1 Å². The van der Waals surface area contributed by atoms with Crippen LogP contribution in [0.2, 0.25) is 0 Å². The molecule has 2 atom stereocenters. The highest BCUT2D eigenvalue weighted by Crippen LogP contribution is 2.38. The second-order valence-corrected chi connectivity index (χ2v) is 7.23. The minimum Gasteiger partial charge on any atom is -0.462 e. The molecule has 0 radical (unpaired) electrons. The standard InChI is InChI=1S/C20H28O3/c1-14-7-5-8-15(2)18-13-23-19(21)17(16(18)11-10-14)9-6-12-20(3,4)22/h6-7,9,12,16,18,22H,2,5,8,10-11,13H2,1,3-4H3/b12-6+,14-7+,17-9-/t16-,18+/m1/s1. The molecule has 3 heteroatoms. The summed E-state index contributed by atoms with van der Waals surface area (Å²) in [6, 6.07) is 0. The van der Waals surface area contributed by atoms with Gasteiger partial charge in [0.1, 0.15) is 0 Å². The van der Waals surface area contributed by atoms with E-state index in [1.54, 1.807) is 32.1 Å². The van der Waals surface area contributed by atoms with Gasteiger partial charge in [-0.1, -0.05) is 42.0 Å². The number of hydrogen-bond donors (Lipinski definition) is 1. The van der Waals surface area contributed by atoms with E-state index in [1.165, 1.54) is 11.1 Å². The van der Waals surface area contributed by atoms with Crippen LogP contribution in [0.3, 0.4) is 0 Å². The lowest BCUT2D eigenvalue weighted by Gasteiger charge is -2.34. The molecule has 3 nitrogen and oxygen atoms in total. The van der Waals surface area contributed by atoms with Gasteiger partial charge in [-0.15, -0.1) is 0 Å². The highest BCUT2D eigenvalue weighted by Gasteiger charge is 2.36. The molecular weight excluding hydrogens is 288 g/mol. The van der Waals surface area contributed by atoms with Crippen molar-refractivity contribution in [3.05, 3.63) is 47.6 Å². The van der Waals surface area contributed by atoms with Crippen molar-refractivity contribution in [1.29, 1.82) is 0 Å². The topological polar surface area (TPSA) is 46.5 Å². The Morgan fingerprint density at radius 2 is 2.09 bits per heavy atom. The summed E-state index contributed by atoms with van der Waals surface area (Å²) in [4.78, 5) is 12.2. The summed E-state index contributed by atoms with van der Waals surface area (Å²) in [7, 11) is 0. The predicted octanol–water partition coefficient (Wildman–Crippen LogP) is 4.11. The first-order valence-electron chi connectivity index (χ1n) is 8.40. The minimum absolute atomic E-state index is 0.150. The first kappa shape index (κ1) is 17.7. The van der Waals surface area contributed by atoms with Crippen molar-refractivity contribution in [2.24, 2.45) is 11.8 Å². The van der Waals surface area contributed by atoms with Gasteiger partial charge in [0, 0.05) is 17.4 Å². The number of fused-ring (bicyclic) bond motifs is 1. The number of esters is 1. The van der Waals surface area contributed by atoms with Crippen LogP contribution in [0.25, 0.3) is 0 Å². The third-order valence-electron chi connectivity index (χ3n) is 4.63. The smallest absolute Gasteiger partial charge is 0.334 e. The number of carbonyl (C=O) groups excluding carboxylic acids is 1. The Hall–Kier alpha value is -1.61. The second-order valence-electron chi connectivity index (χ2n) is 7.23. The zero-order valence-corrected chi connectivity index (χ0v) is 14.5. The second kappa shape index (κ2) is 7.31. The molecule has 126 valence electrons. The number of rotatable bonds is 2. The molecule has 0 unspecified atom stereocenters. The fraction of sp³-hybridized carbons (Fsp3) is 0.550. The summed E-state index contributed by atoms with van der Waals surface area (Å²) in [5, 5.41) is 9.79. The van der Waals surface area contributed by atoms with E-state index in [1.807, 2.05) is 0 Å². The SMILES string of the molecule is C=C1CC/C=C(\C)CC[C@@H]2/C(=C/C=C/C(C)(C)O)C(=O)OC[C@@H]12. The maximum Gasteiger partial charge on any atom is 0.334 e. The van der Waals surface area contributed by atoms with Crippen molar-refractivity contribution < 1.29 is 14.6 Å². The molecular formula is C20H28O3. The van der Waals surface area contributed by atoms with E-state index in [2.05, 4.69) is 19.6 Å². The Labute approximate surface area is 139 Å². The molecule has 0 spiro atoms. The number of aliphatic hydroxyl groups is 1. The lowest BCUT2D eigenvalue weighted by Crippen LogP contribution is -2.34. The zero-order chi connectivity index (χ0) is 17.0. The van der Waals surface area contributed by atoms with E-state index in [0.29, 0.717) is 12.2 Å². The van der Waals surface area contributed by atoms with E-state index in [0.717, 1.165) is 25.7 Å². The summed E-state index contributed by atoms with van der Waals surface area (Å²) in [6.07, 6.45) is 11.4. The van der Waals surface area contributed by atoms with E-state index in [4.69, 9.17) is 4.74 Å². The highest BCUT2D eigenvalue weighted by atomic mass is 16.5. The summed E-state index contributed by atoms with van der Waals surface area (Å²) in [6.45, 7) is 10.2. The van der Waals surface area contributed by atoms with Gasteiger partial charge in [-0.2, -0.15) is 0 Å². The van der Waals surface area contributed by atoms with Crippen LogP contribution in [0.1, 0.15) is 46.5 Å². The van der Waals surface area contributed by atoms with Gasteiger partial charge in [0.25, 0.3) is 0 Å². The van der Waals surface area contributed by atoms with E-state index >= 15 is 0 Å². The van der Waals surface area contributed by atoms with Crippen molar-refractivity contribution in [2.75, 3.05) is 6.61 Å². The highest BCUT2D eigenvalue weighted by molar-refractivity contribution is 5.90. The molecule has 2 aliphatic rings. The van der Waals surface area contributed by atoms with Crippen LogP contribution in [0, 0.1) is 11.8 Å². The molecule has 0 amide bonds. The van der Waals surface area contributed by atoms with Crippen LogP contribution < -0.4 is 0 Å². The summed E-state index contributed by atoms with van der Waals surface area (Å²) >= 11 is 0. The maximum atomic E-state index is 12.2. The Morgan fingerprint density at radius 3 is 2.78 bits per heavy atom. The fourth-order valence-electron chi connectivity index (χ4n) is 3.25. The van der Waals surface area contributed by atoms with E-state index in [-0.39, 0.29) is 17.8 Å². The molecule has 0 aromatic heterocycles. The van der Waals surface area contributed by atoms with Crippen LogP contribution >= 0.6 is 0 Å². The fourth-order valence-corrected chi connectivity index (χ4v) is 3.25. The predicted molar refractivity (Wildman–Crippen MR) is 92.8 cm³/mol. The minimum atomic E-state index is -0.892. The van der Waals surface area contributed by atoms with Crippen molar-refractivity contribution in [3.63, 3.8) is 0 Å². The summed E-state index contributed by atoms with van der Waals surface area (Å²) < 4.78 is 5.40. The van der Waals surface area contributed by atoms with Crippen LogP contribution in [0.4, 0.5) is 0 Å². The van der Waals surface area contributed by atoms with Gasteiger partial charge in [0.05, 0.1) is 12.2 Å². The lowest BCUT2D eigenvalue weighted by molar-refractivity contribution is -0.144. The van der Waals surface area contributed by atoms with E-state index in [9.17, 15) is 9.90 Å². The van der Waals surface area contributed by atoms with Gasteiger partial charge in [-0.25, -0.2) is 4.79 Å². The van der Waals surface area contributed by atoms with Gasteiger partial charge in [0.15, 0.2) is 0 Å². The average molecular weight is 316 g/mol. The first-order valence-corrected chi connectivity index (χ1v) is 8.40. The van der Waals surface area contributed by atoms with Crippen molar-refractivity contribution in [3.8, 4) is 0 Å². The van der Waals surface area contributed by atoms with Gasteiger partial charge in [-0.3, -0.25) is 0 Å². The number of cyclic esters (lactones) is 1. The zero-order valence-electron chi connectivity index (χ0n) is 14.5. The van der Waals surface area contributed by atoms with Crippen LogP contribution in [0.15, 0.2) is 47.6 Å². The van der Waals surface area contributed by atoms with Gasteiger partial charge in [0.2, 0.25) is 0 Å². The monoisotopic (exact) mass is 316 g/mol. The molecule has 0 aromatic rings. The number of hydrogen-bond acceptors (Lipinski definition) is 3. The summed E-state index contributed by atoms with van der Waals surface area (Å²) in [5.41, 5.74) is 2.36. The Morgan fingerprint density at radius 1 is 1.35 bits per heavy atom. The average Bonchev–Trinajstić information content (AvgIpc) is 2.51. The molecule has 1 aliphatic carbocycles. The molecule has 0 saturated carbocycles. The molecule has 23 heavy (non-hydrogen) atoms. The number of carbonyl (C=O) groups is 1. The third kappa shape index (κ3) is 4.93. The van der Waals surface area contributed by atoms with Crippen LogP contribution in [-0.4, -0.2) is 23.3 Å². The molecule has 0 aromatic carbocycles. The molecule has 1 heterocycles. The Balaban J connectivity index is 2.29.